The molecule has 1 aliphatic heterocycles. The predicted molar refractivity (Wildman–Crippen MR) is 113 cm³/mol. The van der Waals surface area contributed by atoms with E-state index in [4.69, 9.17) is 9.15 Å². The van der Waals surface area contributed by atoms with Gasteiger partial charge in [0.2, 0.25) is 10.0 Å². The van der Waals surface area contributed by atoms with E-state index < -0.39 is 10.0 Å². The van der Waals surface area contributed by atoms with Crippen LogP contribution in [0.2, 0.25) is 0 Å². The number of aromatic nitrogens is 2. The summed E-state index contributed by atoms with van der Waals surface area (Å²) in [5.74, 6) is 1.31. The Morgan fingerprint density at radius 1 is 0.967 bits per heavy atom. The Kier molecular flexibility index (Phi) is 4.56. The van der Waals surface area contributed by atoms with E-state index in [2.05, 4.69) is 9.97 Å². The number of benzene rings is 2. The van der Waals surface area contributed by atoms with Crippen LogP contribution in [-0.2, 0) is 10.0 Å². The first-order valence-electron chi connectivity index (χ1n) is 9.59. The molecule has 1 fully saturated rings. The minimum Gasteiger partial charge on any atom is -0.497 e. The van der Waals surface area contributed by atoms with Crippen molar-refractivity contribution in [2.45, 2.75) is 4.90 Å². The minimum atomic E-state index is -3.56. The smallest absolute Gasteiger partial charge is 0.243 e. The van der Waals surface area contributed by atoms with Crippen LogP contribution in [0, 0.1) is 0 Å². The highest BCUT2D eigenvalue weighted by Gasteiger charge is 2.30. The maximum Gasteiger partial charge on any atom is 0.243 e. The second kappa shape index (κ2) is 7.26. The molecule has 1 aliphatic rings. The number of hydrogen-bond acceptors (Lipinski definition) is 7. The van der Waals surface area contributed by atoms with Gasteiger partial charge < -0.3 is 14.1 Å². The standard InChI is InChI=1S/C21H20N4O4S/c1-28-15-6-8-16(9-7-15)30(26,27)25-12-10-24(11-13-25)21-20-19(22-14-23-21)17-4-2-3-5-18(17)29-20/h2-9,14H,10-13H2,1H3. The van der Waals surface area contributed by atoms with Crippen LogP contribution < -0.4 is 9.64 Å². The van der Waals surface area contributed by atoms with Crippen LogP contribution in [0.4, 0.5) is 5.82 Å². The Hall–Kier alpha value is -3.17. The van der Waals surface area contributed by atoms with Crippen molar-refractivity contribution in [1.82, 2.24) is 14.3 Å². The number of fused-ring (bicyclic) bond motifs is 3. The zero-order valence-corrected chi connectivity index (χ0v) is 17.2. The molecule has 30 heavy (non-hydrogen) atoms. The van der Waals surface area contributed by atoms with E-state index in [0.29, 0.717) is 43.3 Å². The van der Waals surface area contributed by atoms with Gasteiger partial charge in [0.15, 0.2) is 11.4 Å². The normalized spacial score (nSPS) is 15.7. The van der Waals surface area contributed by atoms with E-state index in [9.17, 15) is 8.42 Å². The van der Waals surface area contributed by atoms with Crippen LogP contribution in [0.25, 0.3) is 22.1 Å². The Morgan fingerprint density at radius 3 is 2.43 bits per heavy atom. The summed E-state index contributed by atoms with van der Waals surface area (Å²) in [4.78, 5) is 11.1. The van der Waals surface area contributed by atoms with E-state index in [1.807, 2.05) is 29.2 Å². The SMILES string of the molecule is COc1ccc(S(=O)(=O)N2CCN(c3ncnc4c3oc3ccccc34)CC2)cc1. The van der Waals surface area contributed by atoms with Crippen LogP contribution in [0.1, 0.15) is 0 Å². The second-order valence-electron chi connectivity index (χ2n) is 7.04. The fourth-order valence-corrected chi connectivity index (χ4v) is 5.20. The molecule has 5 rings (SSSR count). The molecule has 0 unspecified atom stereocenters. The molecule has 2 aromatic carbocycles. The van der Waals surface area contributed by atoms with Gasteiger partial charge in [-0.3, -0.25) is 0 Å². The number of sulfonamides is 1. The van der Waals surface area contributed by atoms with Gasteiger partial charge in [0.1, 0.15) is 23.2 Å². The van der Waals surface area contributed by atoms with Crippen molar-refractivity contribution in [1.29, 1.82) is 0 Å². The molecule has 3 heterocycles. The van der Waals surface area contributed by atoms with Gasteiger partial charge in [-0.2, -0.15) is 4.31 Å². The molecular formula is C21H20N4O4S. The van der Waals surface area contributed by atoms with E-state index in [0.717, 1.165) is 16.5 Å². The monoisotopic (exact) mass is 424 g/mol. The van der Waals surface area contributed by atoms with Crippen molar-refractivity contribution < 1.29 is 17.6 Å². The van der Waals surface area contributed by atoms with Gasteiger partial charge in [-0.25, -0.2) is 18.4 Å². The highest BCUT2D eigenvalue weighted by Crippen LogP contribution is 2.32. The van der Waals surface area contributed by atoms with Crippen LogP contribution in [0.15, 0.2) is 64.2 Å². The number of furan rings is 1. The number of piperazine rings is 1. The lowest BCUT2D eigenvalue weighted by Crippen LogP contribution is -2.49. The molecule has 2 aromatic heterocycles. The third-order valence-electron chi connectivity index (χ3n) is 5.37. The van der Waals surface area contributed by atoms with Crippen molar-refractivity contribution in [2.75, 3.05) is 38.2 Å². The highest BCUT2D eigenvalue weighted by atomic mass is 32.2. The lowest BCUT2D eigenvalue weighted by molar-refractivity contribution is 0.383. The van der Waals surface area contributed by atoms with Crippen molar-refractivity contribution in [2.24, 2.45) is 0 Å². The molecule has 0 atom stereocenters. The van der Waals surface area contributed by atoms with Crippen LogP contribution >= 0.6 is 0 Å². The first kappa shape index (κ1) is 18.8. The Balaban J connectivity index is 1.39. The van der Waals surface area contributed by atoms with Crippen molar-refractivity contribution in [3.8, 4) is 5.75 Å². The van der Waals surface area contributed by atoms with E-state index in [-0.39, 0.29) is 4.90 Å². The zero-order chi connectivity index (χ0) is 20.7. The fourth-order valence-electron chi connectivity index (χ4n) is 3.77. The van der Waals surface area contributed by atoms with Gasteiger partial charge in [-0.1, -0.05) is 12.1 Å². The summed E-state index contributed by atoms with van der Waals surface area (Å²) < 4.78 is 38.6. The lowest BCUT2D eigenvalue weighted by atomic mass is 10.2. The number of rotatable bonds is 4. The third-order valence-corrected chi connectivity index (χ3v) is 7.29. The summed E-state index contributed by atoms with van der Waals surface area (Å²) in [5, 5.41) is 0.942. The molecule has 154 valence electrons. The summed E-state index contributed by atoms with van der Waals surface area (Å²) in [6, 6.07) is 14.2. The molecule has 4 aromatic rings. The van der Waals surface area contributed by atoms with Gasteiger partial charge in [-0.15, -0.1) is 0 Å². The summed E-state index contributed by atoms with van der Waals surface area (Å²) in [7, 11) is -2.01. The van der Waals surface area contributed by atoms with E-state index >= 15 is 0 Å². The maximum absolute atomic E-state index is 13.0. The lowest BCUT2D eigenvalue weighted by Gasteiger charge is -2.34. The molecule has 9 heteroatoms. The summed E-state index contributed by atoms with van der Waals surface area (Å²) in [5.41, 5.74) is 2.16. The number of para-hydroxylation sites is 1. The molecule has 0 bridgehead atoms. The van der Waals surface area contributed by atoms with Gasteiger partial charge in [0.05, 0.1) is 12.0 Å². The molecule has 0 spiro atoms. The number of ether oxygens (including phenoxy) is 1. The van der Waals surface area contributed by atoms with Gasteiger partial charge >= 0.3 is 0 Å². The van der Waals surface area contributed by atoms with Gasteiger partial charge in [-0.05, 0) is 36.4 Å². The Labute approximate surface area is 173 Å². The largest absolute Gasteiger partial charge is 0.497 e. The predicted octanol–water partition coefficient (Wildman–Crippen LogP) is 2.90. The number of methoxy groups -OCH3 is 1. The molecule has 8 nitrogen and oxygen atoms in total. The van der Waals surface area contributed by atoms with Gasteiger partial charge in [0.25, 0.3) is 0 Å². The first-order valence-corrected chi connectivity index (χ1v) is 11.0. The maximum atomic E-state index is 13.0. The number of nitrogens with zero attached hydrogens (tertiary/aromatic N) is 4. The summed E-state index contributed by atoms with van der Waals surface area (Å²) in [6.07, 6.45) is 1.53. The van der Waals surface area contributed by atoms with Crippen LogP contribution in [0.3, 0.4) is 0 Å². The topological polar surface area (TPSA) is 88.8 Å². The first-order chi connectivity index (χ1) is 14.6. The molecule has 0 radical (unpaired) electrons. The third kappa shape index (κ3) is 3.06. The summed E-state index contributed by atoms with van der Waals surface area (Å²) >= 11 is 0. The molecule has 0 amide bonds. The van der Waals surface area contributed by atoms with Gasteiger partial charge in [0, 0.05) is 31.6 Å². The number of anilines is 1. The van der Waals surface area contributed by atoms with E-state index in [1.165, 1.54) is 10.6 Å². The second-order valence-corrected chi connectivity index (χ2v) is 8.98. The Bertz CT molecular complexity index is 1310. The molecule has 0 N–H and O–H groups in total. The molecule has 1 saturated heterocycles. The quantitative estimate of drug-likeness (QED) is 0.498. The van der Waals surface area contributed by atoms with Crippen LogP contribution in [0.5, 0.6) is 5.75 Å². The van der Waals surface area contributed by atoms with Crippen LogP contribution in [-0.4, -0.2) is 56.0 Å². The molecule has 0 saturated carbocycles. The molecule has 0 aliphatic carbocycles. The summed E-state index contributed by atoms with van der Waals surface area (Å²) in [6.45, 7) is 1.75. The average Bonchev–Trinajstić information content (AvgIpc) is 3.18. The molecular weight excluding hydrogens is 404 g/mol. The fraction of sp³-hybridized carbons (Fsp3) is 0.238. The zero-order valence-electron chi connectivity index (χ0n) is 16.4. The van der Waals surface area contributed by atoms with E-state index in [1.54, 1.807) is 31.4 Å². The minimum absolute atomic E-state index is 0.262. The van der Waals surface area contributed by atoms with Crippen molar-refractivity contribution in [3.63, 3.8) is 0 Å². The Morgan fingerprint density at radius 2 is 1.70 bits per heavy atom. The number of hydrogen-bond donors (Lipinski definition) is 0. The van der Waals surface area contributed by atoms with Crippen molar-refractivity contribution in [3.05, 3.63) is 54.9 Å². The highest BCUT2D eigenvalue weighted by molar-refractivity contribution is 7.89. The average molecular weight is 424 g/mol. The van der Waals surface area contributed by atoms with Crippen molar-refractivity contribution >= 4 is 37.9 Å².